The van der Waals surface area contributed by atoms with Gasteiger partial charge in [0.15, 0.2) is 0 Å². The minimum atomic E-state index is -0.393. The third kappa shape index (κ3) is 3.16. The Kier molecular flexibility index (Phi) is 4.73. The van der Waals surface area contributed by atoms with E-state index in [1.165, 1.54) is 6.07 Å². The molecule has 0 radical (unpaired) electrons. The topological polar surface area (TPSA) is 91.5 Å². The molecular weight excluding hydrogens is 260 g/mol. The summed E-state index contributed by atoms with van der Waals surface area (Å²) in [6.45, 7) is 4.23. The summed E-state index contributed by atoms with van der Waals surface area (Å²) >= 11 is 0. The number of nitrogens with zero attached hydrogens (tertiary/aromatic N) is 3. The lowest BCUT2D eigenvalue weighted by Gasteiger charge is -2.31. The van der Waals surface area contributed by atoms with E-state index in [0.717, 1.165) is 19.4 Å². The van der Waals surface area contributed by atoms with E-state index >= 15 is 0 Å². The lowest BCUT2D eigenvalue weighted by molar-refractivity contribution is -0.384. The summed E-state index contributed by atoms with van der Waals surface area (Å²) in [5, 5.41) is 23.4. The van der Waals surface area contributed by atoms with Crippen molar-refractivity contribution in [1.82, 2.24) is 4.98 Å². The number of aromatic nitrogens is 1. The Bertz CT molecular complexity index is 473. The van der Waals surface area contributed by atoms with E-state index in [1.54, 1.807) is 6.07 Å². The fourth-order valence-electron chi connectivity index (χ4n) is 2.42. The largest absolute Gasteiger partial charge is 0.396 e. The van der Waals surface area contributed by atoms with E-state index in [4.69, 9.17) is 5.11 Å². The molecular formula is C13H20N4O3. The highest BCUT2D eigenvalue weighted by Crippen LogP contribution is 2.30. The zero-order valence-corrected chi connectivity index (χ0v) is 11.6. The van der Waals surface area contributed by atoms with Crippen LogP contribution in [0, 0.1) is 16.0 Å². The van der Waals surface area contributed by atoms with Gasteiger partial charge in [0.25, 0.3) is 0 Å². The van der Waals surface area contributed by atoms with E-state index in [9.17, 15) is 10.1 Å². The van der Waals surface area contributed by atoms with Crippen molar-refractivity contribution in [2.75, 3.05) is 36.5 Å². The standard InChI is InChI=1S/C13H20N4O3/c1-2-14-12-4-3-11(17(19)20)13(15-12)16-7-5-10(9-18)6-8-16/h3-4,10,18H,2,5-9H2,1H3,(H,14,15). The van der Waals surface area contributed by atoms with Crippen molar-refractivity contribution >= 4 is 17.3 Å². The zero-order chi connectivity index (χ0) is 14.5. The Morgan fingerprint density at radius 3 is 2.75 bits per heavy atom. The number of hydrogen-bond acceptors (Lipinski definition) is 6. The van der Waals surface area contributed by atoms with Crippen molar-refractivity contribution in [2.24, 2.45) is 5.92 Å². The molecule has 1 aromatic rings. The van der Waals surface area contributed by atoms with Gasteiger partial charge in [0.05, 0.1) is 4.92 Å². The smallest absolute Gasteiger partial charge is 0.311 e. The van der Waals surface area contributed by atoms with Gasteiger partial charge in [0.1, 0.15) is 5.82 Å². The van der Waals surface area contributed by atoms with Gasteiger partial charge in [0.2, 0.25) is 5.82 Å². The Labute approximate surface area is 117 Å². The van der Waals surface area contributed by atoms with Crippen LogP contribution < -0.4 is 10.2 Å². The van der Waals surface area contributed by atoms with Crippen LogP contribution in [0.3, 0.4) is 0 Å². The fourth-order valence-corrected chi connectivity index (χ4v) is 2.42. The second-order valence-electron chi connectivity index (χ2n) is 4.94. The first-order valence-corrected chi connectivity index (χ1v) is 6.90. The molecule has 1 aliphatic heterocycles. The maximum absolute atomic E-state index is 11.1. The third-order valence-corrected chi connectivity index (χ3v) is 3.58. The Hall–Kier alpha value is -1.89. The van der Waals surface area contributed by atoms with E-state index in [1.807, 2.05) is 11.8 Å². The summed E-state index contributed by atoms with van der Waals surface area (Å²) in [4.78, 5) is 17.0. The van der Waals surface area contributed by atoms with Crippen LogP contribution in [0.5, 0.6) is 0 Å². The molecule has 1 aliphatic rings. The number of piperidine rings is 1. The summed E-state index contributed by atoms with van der Waals surface area (Å²) in [6, 6.07) is 3.13. The Balaban J connectivity index is 2.23. The van der Waals surface area contributed by atoms with Crippen molar-refractivity contribution in [1.29, 1.82) is 0 Å². The molecule has 7 nitrogen and oxygen atoms in total. The molecule has 1 fully saturated rings. The zero-order valence-electron chi connectivity index (χ0n) is 11.6. The van der Waals surface area contributed by atoms with Crippen molar-refractivity contribution in [3.8, 4) is 0 Å². The number of nitrogens with one attached hydrogen (secondary N) is 1. The minimum Gasteiger partial charge on any atom is -0.396 e. The molecule has 0 aliphatic carbocycles. The molecule has 7 heteroatoms. The molecule has 20 heavy (non-hydrogen) atoms. The summed E-state index contributed by atoms with van der Waals surface area (Å²) in [6.07, 6.45) is 1.67. The lowest BCUT2D eigenvalue weighted by Crippen LogP contribution is -2.35. The van der Waals surface area contributed by atoms with Gasteiger partial charge in [-0.15, -0.1) is 0 Å². The SMILES string of the molecule is CCNc1ccc([N+](=O)[O-])c(N2CCC(CO)CC2)n1. The highest BCUT2D eigenvalue weighted by molar-refractivity contribution is 5.62. The molecule has 0 saturated carbocycles. The predicted octanol–water partition coefficient (Wildman–Crippen LogP) is 1.63. The van der Waals surface area contributed by atoms with E-state index < -0.39 is 4.92 Å². The van der Waals surface area contributed by atoms with Crippen LogP contribution in [0.25, 0.3) is 0 Å². The first-order chi connectivity index (χ1) is 9.65. The molecule has 0 spiro atoms. The number of anilines is 2. The Morgan fingerprint density at radius 1 is 1.50 bits per heavy atom. The van der Waals surface area contributed by atoms with Gasteiger partial charge in [-0.2, -0.15) is 0 Å². The van der Waals surface area contributed by atoms with Gasteiger partial charge in [-0.25, -0.2) is 4.98 Å². The summed E-state index contributed by atoms with van der Waals surface area (Å²) < 4.78 is 0. The average Bonchev–Trinajstić information content (AvgIpc) is 2.47. The number of hydrogen-bond donors (Lipinski definition) is 2. The number of nitro groups is 1. The fraction of sp³-hybridized carbons (Fsp3) is 0.615. The van der Waals surface area contributed by atoms with Crippen LogP contribution in [-0.2, 0) is 0 Å². The van der Waals surface area contributed by atoms with Gasteiger partial charge in [-0.1, -0.05) is 0 Å². The molecule has 1 saturated heterocycles. The van der Waals surface area contributed by atoms with Crippen LogP contribution in [0.2, 0.25) is 0 Å². The number of rotatable bonds is 5. The van der Waals surface area contributed by atoms with Gasteiger partial charge in [0, 0.05) is 32.3 Å². The van der Waals surface area contributed by atoms with Crippen molar-refractivity contribution < 1.29 is 10.0 Å². The first-order valence-electron chi connectivity index (χ1n) is 6.90. The average molecular weight is 280 g/mol. The van der Waals surface area contributed by atoms with Gasteiger partial charge in [-0.05, 0) is 31.7 Å². The quantitative estimate of drug-likeness (QED) is 0.629. The third-order valence-electron chi connectivity index (χ3n) is 3.58. The molecule has 1 aromatic heterocycles. The predicted molar refractivity (Wildman–Crippen MR) is 77.1 cm³/mol. The number of aliphatic hydroxyl groups is 1. The van der Waals surface area contributed by atoms with Crippen LogP contribution in [0.15, 0.2) is 12.1 Å². The molecule has 2 heterocycles. The maximum atomic E-state index is 11.1. The molecule has 0 bridgehead atoms. The van der Waals surface area contributed by atoms with Crippen molar-refractivity contribution in [2.45, 2.75) is 19.8 Å². The summed E-state index contributed by atoms with van der Waals surface area (Å²) in [5.41, 5.74) is 0.0362. The van der Waals surface area contributed by atoms with E-state index in [2.05, 4.69) is 10.3 Å². The summed E-state index contributed by atoms with van der Waals surface area (Å²) in [7, 11) is 0. The molecule has 0 amide bonds. The van der Waals surface area contributed by atoms with Crippen molar-refractivity contribution in [3.63, 3.8) is 0 Å². The normalized spacial score (nSPS) is 16.2. The minimum absolute atomic E-state index is 0.0362. The lowest BCUT2D eigenvalue weighted by atomic mass is 9.98. The Morgan fingerprint density at radius 2 is 2.20 bits per heavy atom. The summed E-state index contributed by atoms with van der Waals surface area (Å²) in [5.74, 6) is 1.37. The molecule has 110 valence electrons. The van der Waals surface area contributed by atoms with Gasteiger partial charge >= 0.3 is 5.69 Å². The number of pyridine rings is 1. The van der Waals surface area contributed by atoms with E-state index in [-0.39, 0.29) is 12.3 Å². The molecule has 0 unspecified atom stereocenters. The maximum Gasteiger partial charge on any atom is 0.311 e. The molecule has 2 rings (SSSR count). The second-order valence-corrected chi connectivity index (χ2v) is 4.94. The van der Waals surface area contributed by atoms with Crippen molar-refractivity contribution in [3.05, 3.63) is 22.2 Å². The van der Waals surface area contributed by atoms with Crippen LogP contribution in [-0.4, -0.2) is 41.3 Å². The van der Waals surface area contributed by atoms with Gasteiger partial charge < -0.3 is 15.3 Å². The second kappa shape index (κ2) is 6.51. The van der Waals surface area contributed by atoms with Crippen LogP contribution >= 0.6 is 0 Å². The molecule has 0 atom stereocenters. The number of aliphatic hydroxyl groups excluding tert-OH is 1. The van der Waals surface area contributed by atoms with Gasteiger partial charge in [-0.3, -0.25) is 10.1 Å². The van der Waals surface area contributed by atoms with E-state index in [0.29, 0.717) is 30.6 Å². The highest BCUT2D eigenvalue weighted by atomic mass is 16.6. The molecule has 0 aromatic carbocycles. The molecule has 2 N–H and O–H groups in total. The van der Waals surface area contributed by atoms with Crippen LogP contribution in [0.1, 0.15) is 19.8 Å². The highest BCUT2D eigenvalue weighted by Gasteiger charge is 2.26. The van der Waals surface area contributed by atoms with Crippen LogP contribution in [0.4, 0.5) is 17.3 Å². The monoisotopic (exact) mass is 280 g/mol. The first kappa shape index (κ1) is 14.5.